The quantitative estimate of drug-likeness (QED) is 0.314. The van der Waals surface area contributed by atoms with E-state index >= 15 is 0 Å². The Balaban J connectivity index is 1.84. The van der Waals surface area contributed by atoms with Crippen LogP contribution < -0.4 is 19.5 Å². The first-order chi connectivity index (χ1) is 17.5. The number of carboxylic acids is 1. The number of rotatable bonds is 10. The van der Waals surface area contributed by atoms with Crippen molar-refractivity contribution in [2.24, 2.45) is 0 Å². The van der Waals surface area contributed by atoms with Gasteiger partial charge in [0.15, 0.2) is 6.29 Å². The van der Waals surface area contributed by atoms with Gasteiger partial charge in [0.1, 0.15) is 24.5 Å². The van der Waals surface area contributed by atoms with E-state index in [-0.39, 0.29) is 36.1 Å². The predicted octanol–water partition coefficient (Wildman–Crippen LogP) is 4.15. The standard InChI is InChI=1S/C29H26N2O5/c1-31(2)23-15-13-22(14-16-23)26-24(17-32)27(35-18-20-9-5-3-6-10-20)25(29(33)34)28(30-26)36-19-21-11-7-4-8-12-21/h3-17H,18-19H2,1-2H3,(H,33,34)/p-1. The van der Waals surface area contributed by atoms with E-state index in [0.717, 1.165) is 16.8 Å². The molecule has 0 saturated heterocycles. The van der Waals surface area contributed by atoms with E-state index in [1.165, 1.54) is 0 Å². The molecular formula is C29H25N2O5-. The summed E-state index contributed by atoms with van der Waals surface area (Å²) in [5.41, 5.74) is 3.06. The molecule has 4 rings (SSSR count). The van der Waals surface area contributed by atoms with Crippen molar-refractivity contribution in [1.29, 1.82) is 0 Å². The highest BCUT2D eigenvalue weighted by molar-refractivity contribution is 5.99. The molecule has 182 valence electrons. The van der Waals surface area contributed by atoms with Crippen LogP contribution >= 0.6 is 0 Å². The van der Waals surface area contributed by atoms with Crippen LogP contribution in [0.25, 0.3) is 11.3 Å². The van der Waals surface area contributed by atoms with E-state index in [1.807, 2.05) is 104 Å². The second kappa shape index (κ2) is 11.2. The highest BCUT2D eigenvalue weighted by atomic mass is 16.5. The molecule has 0 unspecified atom stereocenters. The van der Waals surface area contributed by atoms with Crippen LogP contribution in [-0.2, 0) is 13.2 Å². The summed E-state index contributed by atoms with van der Waals surface area (Å²) in [5, 5.41) is 12.3. The molecule has 7 nitrogen and oxygen atoms in total. The maximum atomic E-state index is 12.3. The summed E-state index contributed by atoms with van der Waals surface area (Å²) in [6.45, 7) is 0.120. The second-order valence-electron chi connectivity index (χ2n) is 8.28. The predicted molar refractivity (Wildman–Crippen MR) is 135 cm³/mol. The van der Waals surface area contributed by atoms with Crippen LogP contribution in [0.15, 0.2) is 84.9 Å². The Hall–Kier alpha value is -4.65. The number of carbonyl (C=O) groups is 2. The van der Waals surface area contributed by atoms with E-state index in [9.17, 15) is 14.7 Å². The van der Waals surface area contributed by atoms with E-state index < -0.39 is 11.5 Å². The zero-order valence-electron chi connectivity index (χ0n) is 20.0. The fourth-order valence-corrected chi connectivity index (χ4v) is 3.69. The minimum atomic E-state index is -1.55. The Labute approximate surface area is 209 Å². The lowest BCUT2D eigenvalue weighted by atomic mass is 10.0. The summed E-state index contributed by atoms with van der Waals surface area (Å²) >= 11 is 0. The number of anilines is 1. The van der Waals surface area contributed by atoms with Crippen molar-refractivity contribution in [3.05, 3.63) is 107 Å². The Bertz CT molecular complexity index is 1340. The van der Waals surface area contributed by atoms with Crippen LogP contribution in [0.1, 0.15) is 31.8 Å². The molecule has 3 aromatic carbocycles. The summed E-state index contributed by atoms with van der Waals surface area (Å²) in [7, 11) is 3.84. The van der Waals surface area contributed by atoms with Gasteiger partial charge in [-0.15, -0.1) is 0 Å². The second-order valence-corrected chi connectivity index (χ2v) is 8.28. The average molecular weight is 482 g/mol. The third-order valence-electron chi connectivity index (χ3n) is 5.58. The number of aldehydes is 1. The van der Waals surface area contributed by atoms with Crippen molar-refractivity contribution in [2.75, 3.05) is 19.0 Å². The van der Waals surface area contributed by atoms with Crippen LogP contribution in [0.5, 0.6) is 11.6 Å². The number of nitrogens with zero attached hydrogens (tertiary/aromatic N) is 2. The SMILES string of the molecule is CN(C)c1ccc(-c2nc(OCc3ccccc3)c(C(=O)[O-])c(OCc3ccccc3)c2C=O)cc1. The summed E-state index contributed by atoms with van der Waals surface area (Å²) < 4.78 is 11.8. The van der Waals surface area contributed by atoms with E-state index in [1.54, 1.807) is 0 Å². The number of benzene rings is 3. The van der Waals surface area contributed by atoms with Gasteiger partial charge in [-0.05, 0) is 23.3 Å². The maximum absolute atomic E-state index is 12.3. The molecular weight excluding hydrogens is 456 g/mol. The normalized spacial score (nSPS) is 10.5. The zero-order valence-corrected chi connectivity index (χ0v) is 20.0. The third-order valence-corrected chi connectivity index (χ3v) is 5.58. The first-order valence-electron chi connectivity index (χ1n) is 11.3. The first-order valence-corrected chi connectivity index (χ1v) is 11.3. The number of aromatic nitrogens is 1. The van der Waals surface area contributed by atoms with Crippen LogP contribution in [0.3, 0.4) is 0 Å². The molecule has 36 heavy (non-hydrogen) atoms. The highest BCUT2D eigenvalue weighted by Crippen LogP contribution is 2.37. The fourth-order valence-electron chi connectivity index (χ4n) is 3.69. The molecule has 1 aromatic heterocycles. The molecule has 0 aliphatic carbocycles. The Morgan fingerprint density at radius 2 is 1.42 bits per heavy atom. The lowest BCUT2D eigenvalue weighted by Gasteiger charge is -2.21. The molecule has 0 spiro atoms. The number of aromatic carboxylic acids is 1. The molecule has 1 heterocycles. The van der Waals surface area contributed by atoms with Gasteiger partial charge in [-0.25, -0.2) is 4.98 Å². The largest absolute Gasteiger partial charge is 0.544 e. The van der Waals surface area contributed by atoms with Gasteiger partial charge in [0.05, 0.1) is 17.2 Å². The average Bonchev–Trinajstić information content (AvgIpc) is 2.91. The van der Waals surface area contributed by atoms with Gasteiger partial charge in [0.2, 0.25) is 5.88 Å². The van der Waals surface area contributed by atoms with Crippen molar-refractivity contribution >= 4 is 17.9 Å². The highest BCUT2D eigenvalue weighted by Gasteiger charge is 2.24. The summed E-state index contributed by atoms with van der Waals surface area (Å²) in [5.74, 6) is -1.87. The van der Waals surface area contributed by atoms with Gasteiger partial charge in [0, 0.05) is 25.3 Å². The molecule has 0 atom stereocenters. The van der Waals surface area contributed by atoms with Gasteiger partial charge in [-0.3, -0.25) is 4.79 Å². The van der Waals surface area contributed by atoms with Crippen molar-refractivity contribution in [3.8, 4) is 22.9 Å². The molecule has 0 bridgehead atoms. The summed E-state index contributed by atoms with van der Waals surface area (Å²) in [6, 6.07) is 25.9. The van der Waals surface area contributed by atoms with Crippen molar-refractivity contribution in [3.63, 3.8) is 0 Å². The molecule has 0 radical (unpaired) electrons. The molecule has 0 aliphatic heterocycles. The number of ether oxygens (including phenoxy) is 2. The Morgan fingerprint density at radius 3 is 1.92 bits per heavy atom. The number of hydrogen-bond donors (Lipinski definition) is 0. The molecule has 7 heteroatoms. The van der Waals surface area contributed by atoms with Gasteiger partial charge in [-0.1, -0.05) is 72.8 Å². The minimum Gasteiger partial charge on any atom is -0.544 e. The van der Waals surface area contributed by atoms with Crippen LogP contribution in [0, 0.1) is 0 Å². The van der Waals surface area contributed by atoms with E-state index in [0.29, 0.717) is 11.8 Å². The first kappa shape index (κ1) is 24.5. The Morgan fingerprint density at radius 1 is 0.861 bits per heavy atom. The number of carboxylic acid groups (broad SMARTS) is 1. The fraction of sp³-hybridized carbons (Fsp3) is 0.138. The summed E-state index contributed by atoms with van der Waals surface area (Å²) in [6.07, 6.45) is 0.552. The topological polar surface area (TPSA) is 91.8 Å². The Kier molecular flexibility index (Phi) is 7.60. The third kappa shape index (κ3) is 5.52. The molecule has 0 saturated carbocycles. The van der Waals surface area contributed by atoms with Crippen LogP contribution in [0.4, 0.5) is 5.69 Å². The van der Waals surface area contributed by atoms with Crippen molar-refractivity contribution in [1.82, 2.24) is 4.98 Å². The lowest BCUT2D eigenvalue weighted by Crippen LogP contribution is -2.25. The van der Waals surface area contributed by atoms with Crippen LogP contribution in [-0.4, -0.2) is 31.3 Å². The van der Waals surface area contributed by atoms with Crippen molar-refractivity contribution < 1.29 is 24.2 Å². The summed E-state index contributed by atoms with van der Waals surface area (Å²) in [4.78, 5) is 31.0. The molecule has 0 N–H and O–H groups in total. The van der Waals surface area contributed by atoms with Gasteiger partial charge >= 0.3 is 0 Å². The molecule has 0 aliphatic rings. The molecule has 0 fully saturated rings. The van der Waals surface area contributed by atoms with Crippen LogP contribution in [0.2, 0.25) is 0 Å². The van der Waals surface area contributed by atoms with Crippen molar-refractivity contribution in [2.45, 2.75) is 13.2 Å². The molecule has 4 aromatic rings. The lowest BCUT2D eigenvalue weighted by molar-refractivity contribution is -0.255. The van der Waals surface area contributed by atoms with Gasteiger partial charge in [-0.2, -0.15) is 0 Å². The van der Waals surface area contributed by atoms with Gasteiger partial charge in [0.25, 0.3) is 0 Å². The zero-order chi connectivity index (χ0) is 25.5. The minimum absolute atomic E-state index is 0.00907. The number of carbonyl (C=O) groups excluding carboxylic acids is 2. The smallest absolute Gasteiger partial charge is 0.227 e. The number of pyridine rings is 1. The van der Waals surface area contributed by atoms with E-state index in [2.05, 4.69) is 4.98 Å². The number of hydrogen-bond acceptors (Lipinski definition) is 7. The molecule has 0 amide bonds. The maximum Gasteiger partial charge on any atom is 0.227 e. The monoisotopic (exact) mass is 481 g/mol. The van der Waals surface area contributed by atoms with Gasteiger partial charge < -0.3 is 24.3 Å². The van der Waals surface area contributed by atoms with E-state index in [4.69, 9.17) is 9.47 Å².